The van der Waals surface area contributed by atoms with E-state index in [2.05, 4.69) is 10.0 Å². The van der Waals surface area contributed by atoms with Crippen molar-refractivity contribution in [2.75, 3.05) is 5.32 Å². The third-order valence-electron chi connectivity index (χ3n) is 3.48. The van der Waals surface area contributed by atoms with Crippen molar-refractivity contribution in [1.29, 1.82) is 0 Å². The molecule has 1 amide bonds. The van der Waals surface area contributed by atoms with Gasteiger partial charge >= 0.3 is 0 Å². The second-order valence-corrected chi connectivity index (χ2v) is 7.57. The van der Waals surface area contributed by atoms with E-state index >= 15 is 0 Å². The minimum atomic E-state index is -3.65. The predicted molar refractivity (Wildman–Crippen MR) is 95.9 cm³/mol. The summed E-state index contributed by atoms with van der Waals surface area (Å²) in [4.78, 5) is 12.4. The quantitative estimate of drug-likeness (QED) is 0.819. The molecule has 7 heteroatoms. The molecular formula is C17H19ClN2O3S. The van der Waals surface area contributed by atoms with E-state index in [1.165, 1.54) is 12.1 Å². The molecule has 24 heavy (non-hydrogen) atoms. The van der Waals surface area contributed by atoms with Gasteiger partial charge in [0.15, 0.2) is 0 Å². The minimum absolute atomic E-state index is 0.0616. The molecule has 0 bridgehead atoms. The summed E-state index contributed by atoms with van der Waals surface area (Å²) in [5.74, 6) is -0.391. The molecule has 5 nitrogen and oxygen atoms in total. The zero-order chi connectivity index (χ0) is 17.7. The van der Waals surface area contributed by atoms with Gasteiger partial charge in [0, 0.05) is 22.3 Å². The number of hydrogen-bond acceptors (Lipinski definition) is 3. The zero-order valence-corrected chi connectivity index (χ0v) is 15.0. The van der Waals surface area contributed by atoms with Crippen LogP contribution < -0.4 is 10.0 Å². The van der Waals surface area contributed by atoms with Crippen LogP contribution in [0.2, 0.25) is 5.02 Å². The Morgan fingerprint density at radius 3 is 2.46 bits per heavy atom. The van der Waals surface area contributed by atoms with Crippen molar-refractivity contribution in [1.82, 2.24) is 4.72 Å². The molecule has 128 valence electrons. The zero-order valence-electron chi connectivity index (χ0n) is 13.4. The van der Waals surface area contributed by atoms with Crippen LogP contribution in [0.3, 0.4) is 0 Å². The van der Waals surface area contributed by atoms with Crippen LogP contribution in [-0.2, 0) is 10.0 Å². The van der Waals surface area contributed by atoms with Crippen molar-refractivity contribution in [2.24, 2.45) is 0 Å². The number of hydrogen-bond donors (Lipinski definition) is 2. The van der Waals surface area contributed by atoms with Gasteiger partial charge in [0.2, 0.25) is 10.0 Å². The summed E-state index contributed by atoms with van der Waals surface area (Å²) < 4.78 is 27.2. The van der Waals surface area contributed by atoms with E-state index in [-0.39, 0.29) is 16.5 Å². The molecular weight excluding hydrogens is 348 g/mol. The van der Waals surface area contributed by atoms with Crippen molar-refractivity contribution in [3.63, 3.8) is 0 Å². The molecule has 2 aromatic carbocycles. The maximum absolute atomic E-state index is 12.3. The van der Waals surface area contributed by atoms with Crippen LogP contribution >= 0.6 is 11.6 Å². The first kappa shape index (κ1) is 18.4. The van der Waals surface area contributed by atoms with Gasteiger partial charge in [-0.25, -0.2) is 13.1 Å². The highest BCUT2D eigenvalue weighted by Crippen LogP contribution is 2.16. The average molecular weight is 367 g/mol. The van der Waals surface area contributed by atoms with Crippen LogP contribution in [0.25, 0.3) is 0 Å². The number of nitrogens with one attached hydrogen (secondary N) is 2. The van der Waals surface area contributed by atoms with E-state index in [0.717, 1.165) is 0 Å². The molecule has 0 aromatic heterocycles. The van der Waals surface area contributed by atoms with Crippen molar-refractivity contribution >= 4 is 33.2 Å². The number of rotatable bonds is 6. The van der Waals surface area contributed by atoms with E-state index in [1.807, 2.05) is 6.92 Å². The number of anilines is 1. The maximum atomic E-state index is 12.3. The Balaban J connectivity index is 2.20. The largest absolute Gasteiger partial charge is 0.322 e. The van der Waals surface area contributed by atoms with Gasteiger partial charge in [-0.1, -0.05) is 24.6 Å². The van der Waals surface area contributed by atoms with E-state index < -0.39 is 15.9 Å². The summed E-state index contributed by atoms with van der Waals surface area (Å²) in [7, 11) is -3.65. The van der Waals surface area contributed by atoms with Crippen LogP contribution in [-0.4, -0.2) is 20.4 Å². The third-order valence-corrected chi connectivity index (χ3v) is 5.32. The standard InChI is InChI=1S/C17H19ClN2O3S/c1-3-12(2)20-24(22,23)16-6-4-5-13(11-16)17(21)19-15-9-7-14(18)8-10-15/h4-12,20H,3H2,1-2H3,(H,19,21). The molecule has 0 heterocycles. The SMILES string of the molecule is CCC(C)NS(=O)(=O)c1cccc(C(=O)Nc2ccc(Cl)cc2)c1. The normalized spacial score (nSPS) is 12.6. The van der Waals surface area contributed by atoms with Crippen molar-refractivity contribution in [3.05, 3.63) is 59.1 Å². The third kappa shape index (κ3) is 4.80. The number of sulfonamides is 1. The second-order valence-electron chi connectivity index (χ2n) is 5.42. The summed E-state index contributed by atoms with van der Waals surface area (Å²) in [6.45, 7) is 3.68. The number of carbonyl (C=O) groups excluding carboxylic acids is 1. The van der Waals surface area contributed by atoms with Crippen LogP contribution in [0.5, 0.6) is 0 Å². The minimum Gasteiger partial charge on any atom is -0.322 e. The Morgan fingerprint density at radius 2 is 1.83 bits per heavy atom. The monoisotopic (exact) mass is 366 g/mol. The highest BCUT2D eigenvalue weighted by atomic mass is 35.5. The van der Waals surface area contributed by atoms with Gasteiger partial charge < -0.3 is 5.32 Å². The van der Waals surface area contributed by atoms with Crippen molar-refractivity contribution < 1.29 is 13.2 Å². The van der Waals surface area contributed by atoms with Gasteiger partial charge in [0.25, 0.3) is 5.91 Å². The average Bonchev–Trinajstić information content (AvgIpc) is 2.56. The lowest BCUT2D eigenvalue weighted by molar-refractivity contribution is 0.102. The lowest BCUT2D eigenvalue weighted by atomic mass is 10.2. The Morgan fingerprint density at radius 1 is 1.17 bits per heavy atom. The molecule has 0 aliphatic heterocycles. The molecule has 1 atom stereocenters. The summed E-state index contributed by atoms with van der Waals surface area (Å²) in [5.41, 5.74) is 0.840. The van der Waals surface area contributed by atoms with Gasteiger partial charge in [-0.15, -0.1) is 0 Å². The van der Waals surface area contributed by atoms with Crippen LogP contribution in [0, 0.1) is 0 Å². The van der Waals surface area contributed by atoms with Crippen LogP contribution in [0.15, 0.2) is 53.4 Å². The van der Waals surface area contributed by atoms with Crippen LogP contribution in [0.1, 0.15) is 30.6 Å². The highest BCUT2D eigenvalue weighted by molar-refractivity contribution is 7.89. The fourth-order valence-corrected chi connectivity index (χ4v) is 3.46. The molecule has 2 aromatic rings. The lowest BCUT2D eigenvalue weighted by Crippen LogP contribution is -2.32. The van der Waals surface area contributed by atoms with Crippen molar-refractivity contribution in [3.8, 4) is 0 Å². The topological polar surface area (TPSA) is 75.3 Å². The first-order valence-corrected chi connectivity index (χ1v) is 9.37. The lowest BCUT2D eigenvalue weighted by Gasteiger charge is -2.13. The Bertz CT molecular complexity index is 820. The first-order chi connectivity index (χ1) is 11.3. The predicted octanol–water partition coefficient (Wildman–Crippen LogP) is 3.67. The summed E-state index contributed by atoms with van der Waals surface area (Å²) in [6, 6.07) is 12.4. The molecule has 0 radical (unpaired) electrons. The fourth-order valence-electron chi connectivity index (χ4n) is 1.96. The van der Waals surface area contributed by atoms with E-state index in [0.29, 0.717) is 17.1 Å². The van der Waals surface area contributed by atoms with Gasteiger partial charge in [0.1, 0.15) is 0 Å². The van der Waals surface area contributed by atoms with Crippen molar-refractivity contribution in [2.45, 2.75) is 31.2 Å². The van der Waals surface area contributed by atoms with E-state index in [4.69, 9.17) is 11.6 Å². The number of benzene rings is 2. The van der Waals surface area contributed by atoms with Gasteiger partial charge in [-0.2, -0.15) is 0 Å². The maximum Gasteiger partial charge on any atom is 0.255 e. The molecule has 0 saturated heterocycles. The fraction of sp³-hybridized carbons (Fsp3) is 0.235. The molecule has 0 aliphatic rings. The number of carbonyl (C=O) groups is 1. The molecule has 1 unspecified atom stereocenters. The highest BCUT2D eigenvalue weighted by Gasteiger charge is 2.18. The van der Waals surface area contributed by atoms with Crippen LogP contribution in [0.4, 0.5) is 5.69 Å². The first-order valence-electron chi connectivity index (χ1n) is 7.51. The summed E-state index contributed by atoms with van der Waals surface area (Å²) in [6.07, 6.45) is 0.677. The molecule has 2 rings (SSSR count). The second kappa shape index (κ2) is 7.79. The smallest absolute Gasteiger partial charge is 0.255 e. The van der Waals surface area contributed by atoms with E-state index in [9.17, 15) is 13.2 Å². The molecule has 0 spiro atoms. The Hall–Kier alpha value is -1.89. The van der Waals surface area contributed by atoms with E-state index in [1.54, 1.807) is 43.3 Å². The number of halogens is 1. The molecule has 0 aliphatic carbocycles. The van der Waals surface area contributed by atoms with Gasteiger partial charge in [-0.3, -0.25) is 4.79 Å². The molecule has 0 fully saturated rings. The van der Waals surface area contributed by atoms with Gasteiger partial charge in [-0.05, 0) is 55.8 Å². The Labute approximate surface area is 147 Å². The summed E-state index contributed by atoms with van der Waals surface area (Å²) in [5, 5.41) is 3.27. The molecule has 0 saturated carbocycles. The number of amides is 1. The Kier molecular flexibility index (Phi) is 5.99. The summed E-state index contributed by atoms with van der Waals surface area (Å²) >= 11 is 5.80. The molecule has 2 N–H and O–H groups in total. The van der Waals surface area contributed by atoms with Gasteiger partial charge in [0.05, 0.1) is 4.90 Å².